The number of carbonyl (C=O) groups is 1. The SMILES string of the molecule is CC(C)(C)OC(=O)N[C@@H](Cc1cccc(F)c1)C1OC1O. The number of hydrogen-bond donors (Lipinski definition) is 2. The second-order valence-corrected chi connectivity index (χ2v) is 6.08. The number of rotatable bonds is 4. The van der Waals surface area contributed by atoms with Crippen LogP contribution in [0.5, 0.6) is 0 Å². The van der Waals surface area contributed by atoms with E-state index in [0.717, 1.165) is 0 Å². The molecule has 1 heterocycles. The van der Waals surface area contributed by atoms with Gasteiger partial charge < -0.3 is 19.9 Å². The molecule has 6 heteroatoms. The van der Waals surface area contributed by atoms with Crippen molar-refractivity contribution in [2.45, 2.75) is 51.2 Å². The molecule has 1 amide bonds. The van der Waals surface area contributed by atoms with E-state index in [0.29, 0.717) is 12.0 Å². The van der Waals surface area contributed by atoms with Crippen molar-refractivity contribution in [2.24, 2.45) is 0 Å². The maximum Gasteiger partial charge on any atom is 0.407 e. The second kappa shape index (κ2) is 5.99. The van der Waals surface area contributed by atoms with Gasteiger partial charge in [0.05, 0.1) is 6.04 Å². The van der Waals surface area contributed by atoms with E-state index in [1.807, 2.05) is 0 Å². The van der Waals surface area contributed by atoms with Gasteiger partial charge in [-0.1, -0.05) is 12.1 Å². The fourth-order valence-electron chi connectivity index (χ4n) is 2.04. The molecule has 2 rings (SSSR count). The maximum absolute atomic E-state index is 13.2. The Hall–Kier alpha value is -1.66. The molecule has 0 radical (unpaired) electrons. The Bertz CT molecular complexity index is 515. The first-order valence-corrected chi connectivity index (χ1v) is 6.82. The minimum Gasteiger partial charge on any atom is -0.444 e. The predicted octanol–water partition coefficient (Wildman–Crippen LogP) is 1.98. The van der Waals surface area contributed by atoms with Crippen LogP contribution in [0.2, 0.25) is 0 Å². The van der Waals surface area contributed by atoms with Crippen molar-refractivity contribution in [3.8, 4) is 0 Å². The van der Waals surface area contributed by atoms with Crippen LogP contribution >= 0.6 is 0 Å². The van der Waals surface area contributed by atoms with Crippen LogP contribution < -0.4 is 5.32 Å². The Morgan fingerprint density at radius 1 is 1.52 bits per heavy atom. The van der Waals surface area contributed by atoms with Gasteiger partial charge in [-0.2, -0.15) is 0 Å². The summed E-state index contributed by atoms with van der Waals surface area (Å²) in [7, 11) is 0. The Kier molecular flexibility index (Phi) is 4.49. The van der Waals surface area contributed by atoms with Gasteiger partial charge in [0.2, 0.25) is 0 Å². The summed E-state index contributed by atoms with van der Waals surface area (Å²) in [6.45, 7) is 5.28. The van der Waals surface area contributed by atoms with Crippen LogP contribution in [0.1, 0.15) is 26.3 Å². The topological polar surface area (TPSA) is 71.1 Å². The first-order valence-electron chi connectivity index (χ1n) is 6.82. The molecule has 2 N–H and O–H groups in total. The molecule has 1 saturated heterocycles. The zero-order valence-corrected chi connectivity index (χ0v) is 12.3. The van der Waals surface area contributed by atoms with Gasteiger partial charge in [-0.15, -0.1) is 0 Å². The molecule has 0 bridgehead atoms. The molecular weight excluding hydrogens is 277 g/mol. The zero-order chi connectivity index (χ0) is 15.6. The third kappa shape index (κ3) is 4.99. The zero-order valence-electron chi connectivity index (χ0n) is 12.3. The number of aliphatic hydroxyl groups is 1. The molecule has 2 unspecified atom stereocenters. The summed E-state index contributed by atoms with van der Waals surface area (Å²) in [5.74, 6) is -0.346. The van der Waals surface area contributed by atoms with Crippen LogP contribution in [-0.4, -0.2) is 35.2 Å². The fourth-order valence-corrected chi connectivity index (χ4v) is 2.04. The summed E-state index contributed by atoms with van der Waals surface area (Å²) >= 11 is 0. The summed E-state index contributed by atoms with van der Waals surface area (Å²) in [5, 5.41) is 12.1. The molecule has 1 aromatic rings. The number of halogens is 1. The molecular formula is C15H20FNO4. The molecule has 0 aromatic heterocycles. The van der Waals surface area contributed by atoms with E-state index in [9.17, 15) is 14.3 Å². The number of carbonyl (C=O) groups excluding carboxylic acids is 1. The molecule has 1 aliphatic rings. The quantitative estimate of drug-likeness (QED) is 0.834. The minimum atomic E-state index is -0.904. The van der Waals surface area contributed by atoms with Gasteiger partial charge in [-0.25, -0.2) is 9.18 Å². The fraction of sp³-hybridized carbons (Fsp3) is 0.533. The summed E-state index contributed by atoms with van der Waals surface area (Å²) in [6, 6.07) is 5.61. The van der Waals surface area contributed by atoms with Crippen molar-refractivity contribution in [3.63, 3.8) is 0 Å². The summed E-state index contributed by atoms with van der Waals surface area (Å²) in [4.78, 5) is 11.8. The third-order valence-electron chi connectivity index (χ3n) is 2.94. The normalized spacial score (nSPS) is 22.5. The number of alkyl carbamates (subject to hydrolysis) is 1. The number of benzene rings is 1. The Balaban J connectivity index is 2.00. The van der Waals surface area contributed by atoms with Gasteiger partial charge in [-0.3, -0.25) is 0 Å². The van der Waals surface area contributed by atoms with E-state index in [1.54, 1.807) is 32.9 Å². The lowest BCUT2D eigenvalue weighted by Crippen LogP contribution is -2.43. The molecule has 1 aromatic carbocycles. The number of ether oxygens (including phenoxy) is 2. The van der Waals surface area contributed by atoms with Crippen molar-refractivity contribution in [1.29, 1.82) is 0 Å². The first-order chi connectivity index (χ1) is 9.74. The van der Waals surface area contributed by atoms with Crippen molar-refractivity contribution in [2.75, 3.05) is 0 Å². The summed E-state index contributed by atoms with van der Waals surface area (Å²) in [6.07, 6.45) is -1.65. The van der Waals surface area contributed by atoms with Gasteiger partial charge in [-0.05, 0) is 44.9 Å². The van der Waals surface area contributed by atoms with E-state index in [4.69, 9.17) is 9.47 Å². The highest BCUT2D eigenvalue weighted by atomic mass is 19.1. The van der Waals surface area contributed by atoms with Gasteiger partial charge in [0.15, 0.2) is 6.29 Å². The Labute approximate surface area is 123 Å². The van der Waals surface area contributed by atoms with Gasteiger partial charge >= 0.3 is 6.09 Å². The van der Waals surface area contributed by atoms with E-state index >= 15 is 0 Å². The molecule has 1 aliphatic heterocycles. The monoisotopic (exact) mass is 297 g/mol. The van der Waals surface area contributed by atoms with Crippen LogP contribution in [0.3, 0.4) is 0 Å². The number of hydrogen-bond acceptors (Lipinski definition) is 4. The number of epoxide rings is 1. The molecule has 0 aliphatic carbocycles. The maximum atomic E-state index is 13.2. The summed E-state index contributed by atoms with van der Waals surface area (Å²) < 4.78 is 23.4. The van der Waals surface area contributed by atoms with E-state index in [2.05, 4.69) is 5.32 Å². The number of nitrogens with one attached hydrogen (secondary N) is 1. The Morgan fingerprint density at radius 3 is 2.71 bits per heavy atom. The van der Waals surface area contributed by atoms with Gasteiger partial charge in [0.1, 0.15) is 17.5 Å². The molecule has 21 heavy (non-hydrogen) atoms. The van der Waals surface area contributed by atoms with Gasteiger partial charge in [0, 0.05) is 0 Å². The largest absolute Gasteiger partial charge is 0.444 e. The Morgan fingerprint density at radius 2 is 2.19 bits per heavy atom. The average molecular weight is 297 g/mol. The van der Waals surface area contributed by atoms with Crippen LogP contribution in [0.25, 0.3) is 0 Å². The minimum absolute atomic E-state index is 0.346. The van der Waals surface area contributed by atoms with Gasteiger partial charge in [0.25, 0.3) is 0 Å². The molecule has 116 valence electrons. The van der Waals surface area contributed by atoms with Crippen LogP contribution in [-0.2, 0) is 15.9 Å². The number of aliphatic hydroxyl groups excluding tert-OH is 1. The van der Waals surface area contributed by atoms with Crippen molar-refractivity contribution < 1.29 is 23.8 Å². The number of amides is 1. The molecule has 5 nitrogen and oxygen atoms in total. The van der Waals surface area contributed by atoms with E-state index in [1.165, 1.54) is 12.1 Å². The lowest BCUT2D eigenvalue weighted by molar-refractivity contribution is 0.0495. The lowest BCUT2D eigenvalue weighted by atomic mass is 10.0. The first kappa shape index (κ1) is 15.7. The van der Waals surface area contributed by atoms with Crippen molar-refractivity contribution >= 4 is 6.09 Å². The van der Waals surface area contributed by atoms with Crippen LogP contribution in [0.15, 0.2) is 24.3 Å². The lowest BCUT2D eigenvalue weighted by Gasteiger charge is -2.23. The highest BCUT2D eigenvalue weighted by Gasteiger charge is 2.44. The highest BCUT2D eigenvalue weighted by molar-refractivity contribution is 5.68. The summed E-state index contributed by atoms with van der Waals surface area (Å²) in [5.41, 5.74) is 0.0926. The van der Waals surface area contributed by atoms with E-state index < -0.39 is 30.1 Å². The third-order valence-corrected chi connectivity index (χ3v) is 2.94. The van der Waals surface area contributed by atoms with Crippen LogP contribution in [0.4, 0.5) is 9.18 Å². The van der Waals surface area contributed by atoms with Crippen LogP contribution in [0, 0.1) is 5.82 Å². The standard InChI is InChI=1S/C15H20FNO4/c1-15(2,3)21-14(19)17-11(12-13(18)20-12)8-9-5-4-6-10(16)7-9/h4-7,11-13,18H,8H2,1-3H3,(H,17,19)/t11-,12?,13?/m0/s1. The smallest absolute Gasteiger partial charge is 0.407 e. The molecule has 3 atom stereocenters. The predicted molar refractivity (Wildman–Crippen MR) is 74.1 cm³/mol. The van der Waals surface area contributed by atoms with Crippen molar-refractivity contribution in [3.05, 3.63) is 35.6 Å². The molecule has 1 fully saturated rings. The highest BCUT2D eigenvalue weighted by Crippen LogP contribution is 2.25. The molecule has 0 saturated carbocycles. The van der Waals surface area contributed by atoms with Crippen molar-refractivity contribution in [1.82, 2.24) is 5.32 Å². The average Bonchev–Trinajstić information content (AvgIpc) is 3.03. The second-order valence-electron chi connectivity index (χ2n) is 6.08. The molecule has 0 spiro atoms. The van der Waals surface area contributed by atoms with E-state index in [-0.39, 0.29) is 5.82 Å².